The van der Waals surface area contributed by atoms with E-state index in [0.29, 0.717) is 22.5 Å². The van der Waals surface area contributed by atoms with Crippen molar-refractivity contribution in [2.24, 2.45) is 7.05 Å². The Kier molecular flexibility index (Phi) is 6.77. The second-order valence-electron chi connectivity index (χ2n) is 6.43. The normalized spacial score (nSPS) is 12.8. The third kappa shape index (κ3) is 5.08. The van der Waals surface area contributed by atoms with E-state index >= 15 is 0 Å². The number of nitrogens with one attached hydrogen (secondary N) is 1. The first kappa shape index (κ1) is 20.7. The number of carbonyl (C=O) groups excluding carboxylic acids is 1. The Hall–Kier alpha value is -3.00. The number of hydrogen-bond acceptors (Lipinski definition) is 6. The van der Waals surface area contributed by atoms with Crippen molar-refractivity contribution in [3.05, 3.63) is 60.4 Å². The van der Waals surface area contributed by atoms with Crippen LogP contribution >= 0.6 is 11.8 Å². The van der Waals surface area contributed by atoms with Crippen molar-refractivity contribution < 1.29 is 14.3 Å². The molecule has 29 heavy (non-hydrogen) atoms. The average molecular weight is 413 g/mol. The topological polar surface area (TPSA) is 78.3 Å². The van der Waals surface area contributed by atoms with E-state index in [0.717, 1.165) is 5.69 Å². The highest BCUT2D eigenvalue weighted by Crippen LogP contribution is 2.31. The van der Waals surface area contributed by atoms with Gasteiger partial charge >= 0.3 is 0 Å². The molecule has 2 aromatic carbocycles. The molecule has 0 aliphatic heterocycles. The molecule has 0 aliphatic rings. The zero-order chi connectivity index (χ0) is 20.8. The minimum Gasteiger partial charge on any atom is -0.493 e. The predicted octanol–water partition coefficient (Wildman–Crippen LogP) is 4.08. The third-order valence-corrected chi connectivity index (χ3v) is 5.43. The molecule has 0 aliphatic carbocycles. The smallest absolute Gasteiger partial charge is 0.237 e. The molecule has 0 fully saturated rings. The van der Waals surface area contributed by atoms with Crippen LogP contribution in [0.15, 0.2) is 59.8 Å². The fourth-order valence-electron chi connectivity index (χ4n) is 2.72. The van der Waals surface area contributed by atoms with E-state index in [9.17, 15) is 4.79 Å². The fourth-order valence-corrected chi connectivity index (χ4v) is 3.54. The van der Waals surface area contributed by atoms with Crippen molar-refractivity contribution in [3.63, 3.8) is 0 Å². The molecular weight excluding hydrogens is 388 g/mol. The number of rotatable bonds is 8. The van der Waals surface area contributed by atoms with Crippen molar-refractivity contribution >= 4 is 23.4 Å². The first-order chi connectivity index (χ1) is 14.0. The zero-order valence-electron chi connectivity index (χ0n) is 16.8. The summed E-state index contributed by atoms with van der Waals surface area (Å²) >= 11 is 1.35. The molecule has 0 radical (unpaired) electrons. The van der Waals surface area contributed by atoms with E-state index < -0.39 is 0 Å². The van der Waals surface area contributed by atoms with Gasteiger partial charge in [0, 0.05) is 12.7 Å². The number of nitrogens with zero attached hydrogens (tertiary/aromatic N) is 3. The van der Waals surface area contributed by atoms with Gasteiger partial charge in [-0.15, -0.1) is 10.2 Å². The summed E-state index contributed by atoms with van der Waals surface area (Å²) in [6.07, 6.45) is -0.341. The van der Waals surface area contributed by atoms with Crippen LogP contribution in [-0.4, -0.2) is 33.0 Å². The number of amides is 1. The molecule has 0 saturated heterocycles. The van der Waals surface area contributed by atoms with Crippen LogP contribution in [0.5, 0.6) is 11.5 Å². The molecule has 2 atom stereocenters. The van der Waals surface area contributed by atoms with Gasteiger partial charge in [0.15, 0.2) is 28.6 Å². The van der Waals surface area contributed by atoms with Crippen LogP contribution in [-0.2, 0) is 11.8 Å². The highest BCUT2D eigenvalue weighted by atomic mass is 32.2. The highest BCUT2D eigenvalue weighted by Gasteiger charge is 2.22. The highest BCUT2D eigenvalue weighted by molar-refractivity contribution is 8.00. The molecular formula is C21H24N4O3S. The first-order valence-corrected chi connectivity index (χ1v) is 10.1. The average Bonchev–Trinajstić information content (AvgIpc) is 3.09. The number of anilines is 1. The molecule has 1 N–H and O–H groups in total. The number of aromatic nitrogens is 3. The molecule has 7 nitrogen and oxygen atoms in total. The number of thioether (sulfide) groups is 1. The van der Waals surface area contributed by atoms with Gasteiger partial charge in [-0.2, -0.15) is 0 Å². The first-order valence-electron chi connectivity index (χ1n) is 9.21. The second kappa shape index (κ2) is 9.47. The number of benzene rings is 2. The number of ether oxygens (including phenoxy) is 2. The molecule has 1 amide bonds. The molecule has 1 aromatic heterocycles. The Balaban J connectivity index is 1.66. The van der Waals surface area contributed by atoms with Gasteiger partial charge < -0.3 is 19.4 Å². The Labute approximate surface area is 174 Å². The van der Waals surface area contributed by atoms with E-state index in [4.69, 9.17) is 9.47 Å². The molecule has 0 bridgehead atoms. The summed E-state index contributed by atoms with van der Waals surface area (Å²) in [5, 5.41) is 11.7. The molecule has 1 heterocycles. The van der Waals surface area contributed by atoms with E-state index in [1.807, 2.05) is 80.1 Å². The molecule has 3 rings (SSSR count). The SMILES string of the molecule is COc1ccccc1OC(C)c1nnc(SC(C)C(=O)Nc2ccccc2)n1C. The minimum atomic E-state index is -0.341. The minimum absolute atomic E-state index is 0.0935. The summed E-state index contributed by atoms with van der Waals surface area (Å²) in [5.41, 5.74) is 0.766. The van der Waals surface area contributed by atoms with Crippen molar-refractivity contribution in [3.8, 4) is 11.5 Å². The van der Waals surface area contributed by atoms with Crippen molar-refractivity contribution in [2.45, 2.75) is 30.4 Å². The summed E-state index contributed by atoms with van der Waals surface area (Å²) in [7, 11) is 3.47. The largest absolute Gasteiger partial charge is 0.493 e. The standard InChI is InChI=1S/C21H24N4O3S/c1-14(28-18-13-9-8-12-17(18)27-4)19-23-24-21(25(19)3)29-15(2)20(26)22-16-10-6-5-7-11-16/h5-15H,1-4H3,(H,22,26). The number of para-hydroxylation sites is 3. The lowest BCUT2D eigenvalue weighted by molar-refractivity contribution is -0.115. The lowest BCUT2D eigenvalue weighted by Gasteiger charge is -2.16. The third-order valence-electron chi connectivity index (χ3n) is 4.30. The quantitative estimate of drug-likeness (QED) is 0.562. The van der Waals surface area contributed by atoms with E-state index in [1.54, 1.807) is 7.11 Å². The lowest BCUT2D eigenvalue weighted by Crippen LogP contribution is -2.22. The van der Waals surface area contributed by atoms with Crippen LogP contribution in [0, 0.1) is 0 Å². The van der Waals surface area contributed by atoms with Gasteiger partial charge in [0.25, 0.3) is 0 Å². The molecule has 152 valence electrons. The van der Waals surface area contributed by atoms with Crippen LogP contribution in [0.2, 0.25) is 0 Å². The number of methoxy groups -OCH3 is 1. The van der Waals surface area contributed by atoms with Crippen LogP contribution < -0.4 is 14.8 Å². The van der Waals surface area contributed by atoms with Crippen LogP contribution in [0.1, 0.15) is 25.8 Å². The van der Waals surface area contributed by atoms with Crippen LogP contribution in [0.3, 0.4) is 0 Å². The summed E-state index contributed by atoms with van der Waals surface area (Å²) in [6, 6.07) is 16.8. The van der Waals surface area contributed by atoms with Gasteiger partial charge in [0.05, 0.1) is 12.4 Å². The van der Waals surface area contributed by atoms with Crippen LogP contribution in [0.4, 0.5) is 5.69 Å². The van der Waals surface area contributed by atoms with Crippen molar-refractivity contribution in [1.29, 1.82) is 0 Å². The summed E-state index contributed by atoms with van der Waals surface area (Å²) in [4.78, 5) is 12.5. The van der Waals surface area contributed by atoms with E-state index in [2.05, 4.69) is 15.5 Å². The van der Waals surface area contributed by atoms with Gasteiger partial charge in [0.2, 0.25) is 5.91 Å². The number of carbonyl (C=O) groups is 1. The maximum atomic E-state index is 12.5. The van der Waals surface area contributed by atoms with Gasteiger partial charge in [-0.25, -0.2) is 0 Å². The predicted molar refractivity (Wildman–Crippen MR) is 113 cm³/mol. The fraction of sp³-hybridized carbons (Fsp3) is 0.286. The Morgan fingerprint density at radius 2 is 1.69 bits per heavy atom. The molecule has 0 spiro atoms. The molecule has 8 heteroatoms. The maximum absolute atomic E-state index is 12.5. The number of hydrogen-bond donors (Lipinski definition) is 1. The molecule has 2 unspecified atom stereocenters. The van der Waals surface area contributed by atoms with Gasteiger partial charge in [0.1, 0.15) is 0 Å². The zero-order valence-corrected chi connectivity index (χ0v) is 17.6. The summed E-state index contributed by atoms with van der Waals surface area (Å²) in [5.74, 6) is 1.86. The lowest BCUT2D eigenvalue weighted by atomic mass is 10.3. The molecule has 3 aromatic rings. The summed E-state index contributed by atoms with van der Waals surface area (Å²) in [6.45, 7) is 3.74. The maximum Gasteiger partial charge on any atom is 0.237 e. The Morgan fingerprint density at radius 3 is 2.38 bits per heavy atom. The van der Waals surface area contributed by atoms with Gasteiger partial charge in [-0.1, -0.05) is 42.1 Å². The van der Waals surface area contributed by atoms with Crippen molar-refractivity contribution in [2.75, 3.05) is 12.4 Å². The van der Waals surface area contributed by atoms with Gasteiger partial charge in [-0.05, 0) is 38.1 Å². The monoisotopic (exact) mass is 412 g/mol. The van der Waals surface area contributed by atoms with E-state index in [1.165, 1.54) is 11.8 Å². The van der Waals surface area contributed by atoms with E-state index in [-0.39, 0.29) is 17.3 Å². The Morgan fingerprint density at radius 1 is 1.03 bits per heavy atom. The van der Waals surface area contributed by atoms with Gasteiger partial charge in [-0.3, -0.25) is 4.79 Å². The van der Waals surface area contributed by atoms with Crippen molar-refractivity contribution in [1.82, 2.24) is 14.8 Å². The van der Waals surface area contributed by atoms with Crippen LogP contribution in [0.25, 0.3) is 0 Å². The molecule has 0 saturated carbocycles. The Bertz CT molecular complexity index is 962. The second-order valence-corrected chi connectivity index (χ2v) is 7.73. The summed E-state index contributed by atoms with van der Waals surface area (Å²) < 4.78 is 13.2.